The summed E-state index contributed by atoms with van der Waals surface area (Å²) in [6.07, 6.45) is 2.33. The Balaban J connectivity index is 2.15. The summed E-state index contributed by atoms with van der Waals surface area (Å²) < 4.78 is 18.4. The molecule has 6 heteroatoms. The second kappa shape index (κ2) is 6.63. The molecule has 2 aromatic rings. The number of rotatable bonds is 5. The van der Waals surface area contributed by atoms with E-state index in [-0.39, 0.29) is 5.56 Å². The van der Waals surface area contributed by atoms with Crippen molar-refractivity contribution in [2.24, 2.45) is 5.73 Å². The van der Waals surface area contributed by atoms with Gasteiger partial charge in [0.05, 0.1) is 17.4 Å². The lowest BCUT2D eigenvalue weighted by molar-refractivity contribution is 0.102. The van der Waals surface area contributed by atoms with Gasteiger partial charge in [-0.05, 0) is 18.2 Å². The van der Waals surface area contributed by atoms with Crippen LogP contribution < -0.4 is 15.8 Å². The van der Waals surface area contributed by atoms with E-state index in [9.17, 15) is 9.18 Å². The van der Waals surface area contributed by atoms with Gasteiger partial charge in [-0.25, -0.2) is 4.39 Å². The second-order valence-corrected chi connectivity index (χ2v) is 3.98. The molecule has 0 unspecified atom stereocenters. The fourth-order valence-electron chi connectivity index (χ4n) is 1.60. The van der Waals surface area contributed by atoms with E-state index in [2.05, 4.69) is 10.3 Å². The van der Waals surface area contributed by atoms with Crippen LogP contribution in [-0.2, 0) is 0 Å². The number of nitrogens with zero attached hydrogens (tertiary/aromatic N) is 1. The number of para-hydroxylation sites is 2. The van der Waals surface area contributed by atoms with Crippen LogP contribution in [0.2, 0.25) is 0 Å². The first-order valence-electron chi connectivity index (χ1n) is 6.04. The van der Waals surface area contributed by atoms with Gasteiger partial charge in [0.1, 0.15) is 18.2 Å². The van der Waals surface area contributed by atoms with Crippen LogP contribution in [0.5, 0.6) is 5.75 Å². The fraction of sp³-hybridized carbons (Fsp3) is 0.143. The largest absolute Gasteiger partial charge is 0.490 e. The fourth-order valence-corrected chi connectivity index (χ4v) is 1.60. The van der Waals surface area contributed by atoms with Crippen molar-refractivity contribution in [3.63, 3.8) is 0 Å². The van der Waals surface area contributed by atoms with E-state index in [1.807, 2.05) is 0 Å². The number of halogens is 1. The molecule has 1 aromatic heterocycles. The van der Waals surface area contributed by atoms with Gasteiger partial charge in [-0.1, -0.05) is 12.1 Å². The highest BCUT2D eigenvalue weighted by atomic mass is 19.1. The number of pyridine rings is 1. The zero-order valence-corrected chi connectivity index (χ0v) is 10.7. The van der Waals surface area contributed by atoms with Crippen molar-refractivity contribution >= 4 is 11.6 Å². The summed E-state index contributed by atoms with van der Waals surface area (Å²) in [5, 5.41) is 2.65. The van der Waals surface area contributed by atoms with E-state index in [4.69, 9.17) is 10.5 Å². The number of carbonyl (C=O) groups excluding carboxylic acids is 1. The Morgan fingerprint density at radius 1 is 1.35 bits per heavy atom. The number of nitrogens with one attached hydrogen (secondary N) is 1. The Morgan fingerprint density at radius 2 is 2.15 bits per heavy atom. The Morgan fingerprint density at radius 3 is 2.90 bits per heavy atom. The molecular formula is C14H14FN3O2. The Labute approximate surface area is 115 Å². The first-order valence-corrected chi connectivity index (χ1v) is 6.04. The number of aromatic nitrogens is 1. The molecule has 0 spiro atoms. The van der Waals surface area contributed by atoms with Crippen molar-refractivity contribution in [1.29, 1.82) is 0 Å². The van der Waals surface area contributed by atoms with Crippen LogP contribution in [0.3, 0.4) is 0 Å². The lowest BCUT2D eigenvalue weighted by atomic mass is 10.2. The zero-order chi connectivity index (χ0) is 14.4. The normalized spacial score (nSPS) is 10.1. The molecule has 3 N–H and O–H groups in total. The highest BCUT2D eigenvalue weighted by Crippen LogP contribution is 2.24. The van der Waals surface area contributed by atoms with Crippen LogP contribution in [0.25, 0.3) is 0 Å². The molecule has 0 fully saturated rings. The van der Waals surface area contributed by atoms with Gasteiger partial charge in [0.15, 0.2) is 0 Å². The summed E-state index contributed by atoms with van der Waals surface area (Å²) in [4.78, 5) is 15.6. The number of ether oxygens (including phenoxy) is 1. The molecule has 20 heavy (non-hydrogen) atoms. The smallest absolute Gasteiger partial charge is 0.257 e. The molecular weight excluding hydrogens is 261 g/mol. The van der Waals surface area contributed by atoms with Crippen molar-refractivity contribution < 1.29 is 13.9 Å². The molecule has 0 radical (unpaired) electrons. The number of benzene rings is 1. The summed E-state index contributed by atoms with van der Waals surface area (Å²) in [6.45, 7) is 0.713. The predicted octanol–water partition coefficient (Wildman–Crippen LogP) is 1.81. The predicted molar refractivity (Wildman–Crippen MR) is 73.1 cm³/mol. The van der Waals surface area contributed by atoms with Gasteiger partial charge in [0.2, 0.25) is 0 Å². The lowest BCUT2D eigenvalue weighted by Crippen LogP contribution is -2.15. The van der Waals surface area contributed by atoms with Crippen molar-refractivity contribution in [3.05, 3.63) is 54.1 Å². The van der Waals surface area contributed by atoms with Gasteiger partial charge in [-0.3, -0.25) is 9.78 Å². The molecule has 0 aliphatic rings. The van der Waals surface area contributed by atoms with Crippen LogP contribution in [0, 0.1) is 5.82 Å². The van der Waals surface area contributed by atoms with Gasteiger partial charge in [-0.15, -0.1) is 0 Å². The third-order valence-corrected chi connectivity index (χ3v) is 2.48. The summed E-state index contributed by atoms with van der Waals surface area (Å²) in [5.41, 5.74) is 6.01. The Hall–Kier alpha value is -2.47. The van der Waals surface area contributed by atoms with Crippen molar-refractivity contribution in [2.75, 3.05) is 18.5 Å². The molecule has 104 valence electrons. The van der Waals surface area contributed by atoms with Crippen molar-refractivity contribution in [1.82, 2.24) is 4.98 Å². The van der Waals surface area contributed by atoms with Crippen LogP contribution in [-0.4, -0.2) is 24.0 Å². The van der Waals surface area contributed by atoms with E-state index in [1.165, 1.54) is 6.20 Å². The summed E-state index contributed by atoms with van der Waals surface area (Å²) >= 11 is 0. The Bertz CT molecular complexity index is 604. The Kier molecular flexibility index (Phi) is 4.62. The number of nitrogens with two attached hydrogens (primary N) is 1. The molecule has 0 saturated carbocycles. The van der Waals surface area contributed by atoms with E-state index in [0.717, 1.165) is 12.3 Å². The average Bonchev–Trinajstić information content (AvgIpc) is 2.46. The lowest BCUT2D eigenvalue weighted by Gasteiger charge is -2.11. The molecule has 5 nitrogen and oxygen atoms in total. The summed E-state index contributed by atoms with van der Waals surface area (Å²) in [6, 6.07) is 8.07. The monoisotopic (exact) mass is 275 g/mol. The molecule has 0 saturated heterocycles. The first kappa shape index (κ1) is 14.0. The molecule has 0 aliphatic carbocycles. The van der Waals surface area contributed by atoms with Crippen molar-refractivity contribution in [2.45, 2.75) is 0 Å². The van der Waals surface area contributed by atoms with Crippen LogP contribution in [0.1, 0.15) is 10.4 Å². The maximum Gasteiger partial charge on any atom is 0.257 e. The van der Waals surface area contributed by atoms with Gasteiger partial charge in [0, 0.05) is 12.7 Å². The van der Waals surface area contributed by atoms with E-state index in [1.54, 1.807) is 24.3 Å². The first-order chi connectivity index (χ1) is 9.70. The molecule has 0 atom stereocenters. The minimum atomic E-state index is -0.565. The highest BCUT2D eigenvalue weighted by Gasteiger charge is 2.10. The number of amides is 1. The van der Waals surface area contributed by atoms with Gasteiger partial charge in [0.25, 0.3) is 5.91 Å². The molecule has 0 aliphatic heterocycles. The minimum Gasteiger partial charge on any atom is -0.490 e. The van der Waals surface area contributed by atoms with Crippen LogP contribution >= 0.6 is 0 Å². The summed E-state index contributed by atoms with van der Waals surface area (Å²) in [5.74, 6) is -0.512. The van der Waals surface area contributed by atoms with Gasteiger partial charge >= 0.3 is 0 Å². The minimum absolute atomic E-state index is 0.138. The van der Waals surface area contributed by atoms with E-state index < -0.39 is 11.7 Å². The third-order valence-electron chi connectivity index (χ3n) is 2.48. The second-order valence-electron chi connectivity index (χ2n) is 3.98. The number of carbonyl (C=O) groups is 1. The number of hydrogen-bond acceptors (Lipinski definition) is 4. The number of hydrogen-bond donors (Lipinski definition) is 2. The maximum absolute atomic E-state index is 13.0. The molecule has 0 bridgehead atoms. The highest BCUT2D eigenvalue weighted by molar-refractivity contribution is 6.04. The van der Waals surface area contributed by atoms with Gasteiger partial charge in [-0.2, -0.15) is 0 Å². The standard InChI is InChI=1S/C14H14FN3O2/c15-11-7-10(8-17-9-11)14(19)18-12-3-1-2-4-13(12)20-6-5-16/h1-4,7-9H,5-6,16H2,(H,18,19). The molecule has 1 amide bonds. The van der Waals surface area contributed by atoms with Gasteiger partial charge < -0.3 is 15.8 Å². The molecule has 1 heterocycles. The quantitative estimate of drug-likeness (QED) is 0.872. The zero-order valence-electron chi connectivity index (χ0n) is 10.7. The van der Waals surface area contributed by atoms with Crippen LogP contribution in [0.15, 0.2) is 42.7 Å². The van der Waals surface area contributed by atoms with Crippen molar-refractivity contribution in [3.8, 4) is 5.75 Å². The third kappa shape index (κ3) is 3.52. The van der Waals surface area contributed by atoms with Crippen LogP contribution in [0.4, 0.5) is 10.1 Å². The van der Waals surface area contributed by atoms with E-state index in [0.29, 0.717) is 24.6 Å². The number of anilines is 1. The SMILES string of the molecule is NCCOc1ccccc1NC(=O)c1cncc(F)c1. The summed E-state index contributed by atoms with van der Waals surface area (Å²) in [7, 11) is 0. The maximum atomic E-state index is 13.0. The molecule has 2 rings (SSSR count). The average molecular weight is 275 g/mol. The topological polar surface area (TPSA) is 77.2 Å². The molecule has 1 aromatic carbocycles. The van der Waals surface area contributed by atoms with E-state index >= 15 is 0 Å².